The van der Waals surface area contributed by atoms with Crippen molar-refractivity contribution in [1.82, 2.24) is 0 Å². The first-order chi connectivity index (χ1) is 8.97. The molecule has 19 heavy (non-hydrogen) atoms. The zero-order chi connectivity index (χ0) is 14.0. The van der Waals surface area contributed by atoms with Crippen LogP contribution in [0.1, 0.15) is 21.5 Å². The lowest BCUT2D eigenvalue weighted by Crippen LogP contribution is -1.95. The summed E-state index contributed by atoms with van der Waals surface area (Å²) in [5.41, 5.74) is 2.12. The van der Waals surface area contributed by atoms with Crippen molar-refractivity contribution in [3.63, 3.8) is 0 Å². The van der Waals surface area contributed by atoms with E-state index < -0.39 is 5.97 Å². The van der Waals surface area contributed by atoms with Crippen molar-refractivity contribution in [3.8, 4) is 11.5 Å². The molecule has 0 fully saturated rings. The minimum Gasteiger partial charge on any atom is -0.478 e. The Kier molecular flexibility index (Phi) is 3.76. The van der Waals surface area contributed by atoms with Crippen LogP contribution in [-0.2, 0) is 0 Å². The van der Waals surface area contributed by atoms with Gasteiger partial charge in [-0.1, -0.05) is 11.6 Å². The molecule has 0 aliphatic heterocycles. The highest BCUT2D eigenvalue weighted by atomic mass is 35.5. The third kappa shape index (κ3) is 3.06. The lowest BCUT2D eigenvalue weighted by molar-refractivity contribution is 0.0697. The molecule has 0 aliphatic rings. The first-order valence-electron chi connectivity index (χ1n) is 5.75. The highest BCUT2D eigenvalue weighted by Crippen LogP contribution is 2.29. The summed E-state index contributed by atoms with van der Waals surface area (Å²) in [6.07, 6.45) is 0. The summed E-state index contributed by atoms with van der Waals surface area (Å²) in [5, 5.41) is 9.54. The number of carbonyl (C=O) groups is 1. The monoisotopic (exact) mass is 276 g/mol. The van der Waals surface area contributed by atoms with E-state index in [0.717, 1.165) is 16.1 Å². The molecule has 0 bridgehead atoms. The Hall–Kier alpha value is -2.00. The highest BCUT2D eigenvalue weighted by Gasteiger charge is 2.06. The fourth-order valence-corrected chi connectivity index (χ4v) is 1.88. The lowest BCUT2D eigenvalue weighted by atomic mass is 10.1. The van der Waals surface area contributed by atoms with E-state index in [9.17, 15) is 4.79 Å². The fourth-order valence-electron chi connectivity index (χ4n) is 1.77. The number of hydrogen-bond acceptors (Lipinski definition) is 2. The van der Waals surface area contributed by atoms with Crippen LogP contribution in [0.5, 0.6) is 11.5 Å². The number of aromatic carboxylic acids is 1. The minimum absolute atomic E-state index is 0.232. The van der Waals surface area contributed by atoms with Crippen molar-refractivity contribution in [2.75, 3.05) is 0 Å². The van der Waals surface area contributed by atoms with E-state index >= 15 is 0 Å². The van der Waals surface area contributed by atoms with Gasteiger partial charge in [-0.2, -0.15) is 0 Å². The molecule has 3 nitrogen and oxygen atoms in total. The molecular formula is C15H13ClO3. The largest absolute Gasteiger partial charge is 0.478 e. The molecule has 0 heterocycles. The van der Waals surface area contributed by atoms with Crippen LogP contribution in [-0.4, -0.2) is 11.1 Å². The van der Waals surface area contributed by atoms with Gasteiger partial charge in [-0.15, -0.1) is 0 Å². The Morgan fingerprint density at radius 2 is 1.58 bits per heavy atom. The van der Waals surface area contributed by atoms with Gasteiger partial charge in [-0.3, -0.25) is 0 Å². The van der Waals surface area contributed by atoms with Crippen molar-refractivity contribution in [2.45, 2.75) is 13.8 Å². The molecule has 0 unspecified atom stereocenters. The summed E-state index contributed by atoms with van der Waals surface area (Å²) in [4.78, 5) is 10.7. The van der Waals surface area contributed by atoms with Crippen molar-refractivity contribution in [3.05, 3.63) is 58.1 Å². The third-order valence-electron chi connectivity index (χ3n) is 2.75. The number of ether oxygens (including phenoxy) is 1. The number of halogens is 1. The maximum atomic E-state index is 10.7. The van der Waals surface area contributed by atoms with E-state index in [-0.39, 0.29) is 5.56 Å². The van der Waals surface area contributed by atoms with E-state index in [2.05, 4.69) is 0 Å². The van der Waals surface area contributed by atoms with Crippen LogP contribution in [0.4, 0.5) is 0 Å². The van der Waals surface area contributed by atoms with Gasteiger partial charge in [0.2, 0.25) is 0 Å². The molecule has 0 saturated carbocycles. The standard InChI is InChI=1S/C15H13ClO3/c1-9-7-13(8-10(2)14(9)16)19-12-5-3-11(4-6-12)15(17)18/h3-8H,1-2H3,(H,17,18). The zero-order valence-electron chi connectivity index (χ0n) is 10.6. The molecule has 1 N–H and O–H groups in total. The SMILES string of the molecule is Cc1cc(Oc2ccc(C(=O)O)cc2)cc(C)c1Cl. The Bertz CT molecular complexity index is 595. The minimum atomic E-state index is -0.954. The number of aryl methyl sites for hydroxylation is 2. The third-order valence-corrected chi connectivity index (χ3v) is 3.34. The second-order valence-corrected chi connectivity index (χ2v) is 4.68. The van der Waals surface area contributed by atoms with E-state index in [1.165, 1.54) is 12.1 Å². The van der Waals surface area contributed by atoms with Gasteiger partial charge in [0.15, 0.2) is 0 Å². The number of rotatable bonds is 3. The normalized spacial score (nSPS) is 10.3. The first-order valence-corrected chi connectivity index (χ1v) is 6.13. The Morgan fingerprint density at radius 1 is 1.05 bits per heavy atom. The predicted molar refractivity (Wildman–Crippen MR) is 74.4 cm³/mol. The summed E-state index contributed by atoms with van der Waals surface area (Å²) >= 11 is 6.09. The number of carboxylic acid groups (broad SMARTS) is 1. The van der Waals surface area contributed by atoms with Crippen molar-refractivity contribution in [1.29, 1.82) is 0 Å². The van der Waals surface area contributed by atoms with Crippen LogP contribution >= 0.6 is 11.6 Å². The molecule has 2 aromatic carbocycles. The Morgan fingerprint density at radius 3 is 2.05 bits per heavy atom. The Balaban J connectivity index is 2.24. The van der Waals surface area contributed by atoms with E-state index in [1.54, 1.807) is 12.1 Å². The van der Waals surface area contributed by atoms with Gasteiger partial charge >= 0.3 is 5.97 Å². The maximum absolute atomic E-state index is 10.7. The average Bonchev–Trinajstić information content (AvgIpc) is 2.36. The smallest absolute Gasteiger partial charge is 0.335 e. The highest BCUT2D eigenvalue weighted by molar-refractivity contribution is 6.32. The Labute approximate surface area is 116 Å². The number of hydrogen-bond donors (Lipinski definition) is 1. The molecule has 0 aliphatic carbocycles. The average molecular weight is 277 g/mol. The summed E-state index contributed by atoms with van der Waals surface area (Å²) in [7, 11) is 0. The van der Waals surface area contributed by atoms with Gasteiger partial charge in [0.05, 0.1) is 5.56 Å². The molecule has 0 amide bonds. The molecule has 2 rings (SSSR count). The summed E-state index contributed by atoms with van der Waals surface area (Å²) in [6.45, 7) is 3.82. The second kappa shape index (κ2) is 5.33. The number of benzene rings is 2. The van der Waals surface area contributed by atoms with E-state index in [0.29, 0.717) is 11.5 Å². The molecule has 4 heteroatoms. The fraction of sp³-hybridized carbons (Fsp3) is 0.133. The van der Waals surface area contributed by atoms with Gasteiger partial charge in [-0.05, 0) is 61.4 Å². The van der Waals surface area contributed by atoms with Crippen molar-refractivity contribution < 1.29 is 14.6 Å². The van der Waals surface area contributed by atoms with Crippen LogP contribution in [0.3, 0.4) is 0 Å². The quantitative estimate of drug-likeness (QED) is 0.901. The second-order valence-electron chi connectivity index (χ2n) is 4.30. The molecular weight excluding hydrogens is 264 g/mol. The molecule has 98 valence electrons. The topological polar surface area (TPSA) is 46.5 Å². The van der Waals surface area contributed by atoms with Gasteiger partial charge < -0.3 is 9.84 Å². The molecule has 0 aromatic heterocycles. The number of carboxylic acids is 1. The lowest BCUT2D eigenvalue weighted by Gasteiger charge is -2.09. The summed E-state index contributed by atoms with van der Waals surface area (Å²) in [5.74, 6) is 0.318. The van der Waals surface area contributed by atoms with Crippen LogP contribution in [0.15, 0.2) is 36.4 Å². The maximum Gasteiger partial charge on any atom is 0.335 e. The van der Waals surface area contributed by atoms with Gasteiger partial charge in [0, 0.05) is 5.02 Å². The van der Waals surface area contributed by atoms with Crippen LogP contribution in [0.25, 0.3) is 0 Å². The van der Waals surface area contributed by atoms with Crippen molar-refractivity contribution >= 4 is 17.6 Å². The van der Waals surface area contributed by atoms with Gasteiger partial charge in [-0.25, -0.2) is 4.79 Å². The van der Waals surface area contributed by atoms with Gasteiger partial charge in [0.1, 0.15) is 11.5 Å². The predicted octanol–water partition coefficient (Wildman–Crippen LogP) is 4.45. The zero-order valence-corrected chi connectivity index (χ0v) is 11.4. The van der Waals surface area contributed by atoms with Crippen LogP contribution < -0.4 is 4.74 Å². The van der Waals surface area contributed by atoms with Crippen molar-refractivity contribution in [2.24, 2.45) is 0 Å². The van der Waals surface area contributed by atoms with E-state index in [4.69, 9.17) is 21.4 Å². The molecule has 0 saturated heterocycles. The van der Waals surface area contributed by atoms with Crippen LogP contribution in [0.2, 0.25) is 5.02 Å². The molecule has 2 aromatic rings. The summed E-state index contributed by atoms with van der Waals surface area (Å²) in [6, 6.07) is 9.97. The van der Waals surface area contributed by atoms with Gasteiger partial charge in [0.25, 0.3) is 0 Å². The molecule has 0 atom stereocenters. The van der Waals surface area contributed by atoms with E-state index in [1.807, 2.05) is 26.0 Å². The first kappa shape index (κ1) is 13.4. The summed E-state index contributed by atoms with van der Waals surface area (Å²) < 4.78 is 5.68. The molecule has 0 spiro atoms. The molecule has 0 radical (unpaired) electrons. The van der Waals surface area contributed by atoms with Crippen LogP contribution in [0, 0.1) is 13.8 Å².